The van der Waals surface area contributed by atoms with Gasteiger partial charge in [0.1, 0.15) is 23.0 Å². The van der Waals surface area contributed by atoms with Gasteiger partial charge in [0, 0.05) is 60.7 Å². The minimum Gasteiger partial charge on any atom is -0.497 e. The Morgan fingerprint density at radius 1 is 0.600 bits per heavy atom. The molecule has 5 aromatic carbocycles. The van der Waals surface area contributed by atoms with Crippen LogP contribution in [0.1, 0.15) is 23.6 Å². The second-order valence-corrected chi connectivity index (χ2v) is 17.7. The number of carbonyl (C=O) groups is 2. The van der Waals surface area contributed by atoms with Crippen LogP contribution < -0.4 is 39.4 Å². The molecule has 0 amide bonds. The summed E-state index contributed by atoms with van der Waals surface area (Å²) >= 11 is 0. The van der Waals surface area contributed by atoms with Gasteiger partial charge in [-0.1, -0.05) is 72.8 Å². The number of rotatable bonds is 13. The van der Waals surface area contributed by atoms with E-state index in [0.29, 0.717) is 99.4 Å². The minimum atomic E-state index is -3.47. The molecule has 0 N–H and O–H groups in total. The molecule has 0 aliphatic carbocycles. The van der Waals surface area contributed by atoms with Gasteiger partial charge >= 0.3 is 11.9 Å². The van der Waals surface area contributed by atoms with Crippen molar-refractivity contribution in [2.75, 3.05) is 110 Å². The summed E-state index contributed by atoms with van der Waals surface area (Å²) in [5.74, 6) is 1.20. The highest BCUT2D eigenvalue weighted by Gasteiger charge is 2.43. The second-order valence-electron chi connectivity index (χ2n) is 15.0. The van der Waals surface area contributed by atoms with Crippen molar-refractivity contribution in [1.82, 2.24) is 0 Å². The average molecular weight is 907 g/mol. The highest BCUT2D eigenvalue weighted by atomic mass is 31.2. The highest BCUT2D eigenvalue weighted by molar-refractivity contribution is 7.88. The van der Waals surface area contributed by atoms with E-state index >= 15 is 4.57 Å². The quantitative estimate of drug-likeness (QED) is 0.0697. The lowest BCUT2D eigenvalue weighted by molar-refractivity contribution is -0.167. The van der Waals surface area contributed by atoms with Gasteiger partial charge in [-0.3, -0.25) is 4.79 Å². The number of hydrogen-bond donors (Lipinski definition) is 0. The average Bonchev–Trinajstić information content (AvgIpc) is 3.60. The molecular weight excluding hydrogens is 852 g/mol. The largest absolute Gasteiger partial charge is 0.497 e. The van der Waals surface area contributed by atoms with Crippen molar-refractivity contribution in [2.24, 2.45) is 0 Å². The van der Waals surface area contributed by atoms with Crippen LogP contribution in [0.5, 0.6) is 23.0 Å². The molecule has 1 unspecified atom stereocenters. The zero-order valence-electron chi connectivity index (χ0n) is 37.2. The lowest BCUT2D eigenvalue weighted by atomic mass is 9.95. The summed E-state index contributed by atoms with van der Waals surface area (Å²) in [5, 5.41) is 2.13. The standard InChI is InChI=1S/C50H55N2O12P/c1-36(53)63-35-64-48(54)34-62-39-17-14-37(15-18-39)49-42-12-8-9-13-47(42)65(55,41-10-6-5-7-11-41)50(49)38-16-20-43(45(32-38)57-3)51-22-26-59-27-23-52(25-29-61-31-30-60-28-24-51)44-21-19-40(56-2)33-46(44)58-4/h5-21,32-33H,22-31,34-35H2,1-4H3. The first-order valence-electron chi connectivity index (χ1n) is 21.4. The predicted molar refractivity (Wildman–Crippen MR) is 250 cm³/mol. The Labute approximate surface area is 379 Å². The summed E-state index contributed by atoms with van der Waals surface area (Å²) < 4.78 is 67.0. The number of esters is 2. The maximum Gasteiger partial charge on any atom is 0.347 e. The van der Waals surface area contributed by atoms with E-state index in [9.17, 15) is 9.59 Å². The number of anilines is 2. The van der Waals surface area contributed by atoms with E-state index in [2.05, 4.69) is 14.5 Å². The van der Waals surface area contributed by atoms with Gasteiger partial charge in [-0.2, -0.15) is 0 Å². The third-order valence-electron chi connectivity index (χ3n) is 11.1. The van der Waals surface area contributed by atoms with Crippen LogP contribution in [0.3, 0.4) is 0 Å². The Hall–Kier alpha value is -6.31. The zero-order chi connectivity index (χ0) is 45.6. The normalized spacial score (nSPS) is 17.3. The Morgan fingerprint density at radius 3 is 1.77 bits per heavy atom. The van der Waals surface area contributed by atoms with Crippen LogP contribution >= 0.6 is 7.14 Å². The lowest BCUT2D eigenvalue weighted by Gasteiger charge is -2.28. The number of methoxy groups -OCH3 is 3. The van der Waals surface area contributed by atoms with Crippen LogP contribution in [0.2, 0.25) is 0 Å². The third kappa shape index (κ3) is 11.1. The fourth-order valence-corrected chi connectivity index (χ4v) is 11.2. The molecule has 15 heteroatoms. The molecule has 2 heterocycles. The van der Waals surface area contributed by atoms with Gasteiger partial charge in [0.25, 0.3) is 0 Å². The Kier molecular flexibility index (Phi) is 16.2. The summed E-state index contributed by atoms with van der Waals surface area (Å²) in [4.78, 5) is 27.6. The summed E-state index contributed by atoms with van der Waals surface area (Å²) in [6.07, 6.45) is 0. The van der Waals surface area contributed by atoms with Gasteiger partial charge in [0.05, 0.1) is 72.3 Å². The molecule has 2 aliphatic rings. The maximum atomic E-state index is 16.1. The van der Waals surface area contributed by atoms with Crippen LogP contribution in [-0.2, 0) is 37.8 Å². The molecule has 7 rings (SSSR count). The lowest BCUT2D eigenvalue weighted by Crippen LogP contribution is -2.33. The molecular formula is C50H55N2O12P. The van der Waals surface area contributed by atoms with E-state index in [1.165, 1.54) is 6.92 Å². The third-order valence-corrected chi connectivity index (χ3v) is 14.3. The first kappa shape index (κ1) is 46.7. The van der Waals surface area contributed by atoms with Crippen molar-refractivity contribution in [3.8, 4) is 23.0 Å². The minimum absolute atomic E-state index is 0.380. The molecule has 0 saturated carbocycles. The fourth-order valence-electron chi connectivity index (χ4n) is 7.93. The van der Waals surface area contributed by atoms with Crippen molar-refractivity contribution in [2.45, 2.75) is 6.92 Å². The number of ether oxygens (including phenoxy) is 9. The molecule has 0 radical (unpaired) electrons. The second kappa shape index (κ2) is 22.5. The van der Waals surface area contributed by atoms with Crippen molar-refractivity contribution in [3.05, 3.63) is 132 Å². The number of nitrogens with zero attached hydrogens (tertiary/aromatic N) is 2. The van der Waals surface area contributed by atoms with Gasteiger partial charge in [-0.25, -0.2) is 4.79 Å². The van der Waals surface area contributed by atoms with Gasteiger partial charge in [-0.15, -0.1) is 0 Å². The van der Waals surface area contributed by atoms with Crippen molar-refractivity contribution in [3.63, 3.8) is 0 Å². The van der Waals surface area contributed by atoms with Gasteiger partial charge in [0.2, 0.25) is 6.79 Å². The fraction of sp³-hybridized carbons (Fsp3) is 0.320. The van der Waals surface area contributed by atoms with E-state index in [0.717, 1.165) is 38.9 Å². The molecule has 0 aromatic heterocycles. The number of hydrogen-bond acceptors (Lipinski definition) is 14. The number of benzene rings is 5. The van der Waals surface area contributed by atoms with Crippen LogP contribution in [0.4, 0.5) is 11.4 Å². The first-order valence-corrected chi connectivity index (χ1v) is 23.1. The Morgan fingerprint density at radius 2 is 1.15 bits per heavy atom. The molecule has 2 aliphatic heterocycles. The summed E-state index contributed by atoms with van der Waals surface area (Å²) in [6.45, 7) is 5.50. The van der Waals surface area contributed by atoms with Crippen LogP contribution in [0.15, 0.2) is 115 Å². The van der Waals surface area contributed by atoms with Crippen LogP contribution in [0.25, 0.3) is 10.9 Å². The smallest absolute Gasteiger partial charge is 0.347 e. The molecule has 65 heavy (non-hydrogen) atoms. The van der Waals surface area contributed by atoms with E-state index in [4.69, 9.17) is 37.9 Å². The molecule has 0 bridgehead atoms. The van der Waals surface area contributed by atoms with Crippen molar-refractivity contribution in [1.29, 1.82) is 0 Å². The summed E-state index contributed by atoms with van der Waals surface area (Å²) in [6, 6.07) is 36.4. The first-order chi connectivity index (χ1) is 31.7. The monoisotopic (exact) mass is 906 g/mol. The van der Waals surface area contributed by atoms with Gasteiger partial charge in [-0.05, 0) is 53.1 Å². The number of carbonyl (C=O) groups excluding carboxylic acids is 2. The van der Waals surface area contributed by atoms with Crippen LogP contribution in [0, 0.1) is 0 Å². The maximum absolute atomic E-state index is 16.1. The molecule has 1 atom stereocenters. The number of fused-ring (bicyclic) bond motifs is 1. The summed E-state index contributed by atoms with van der Waals surface area (Å²) in [7, 11) is 1.45. The Balaban J connectivity index is 1.18. The molecule has 5 aromatic rings. The van der Waals surface area contributed by atoms with E-state index in [1.54, 1.807) is 33.5 Å². The molecule has 1 saturated heterocycles. The van der Waals surface area contributed by atoms with E-state index in [-0.39, 0.29) is 6.61 Å². The van der Waals surface area contributed by atoms with Gasteiger partial charge in [0.15, 0.2) is 13.7 Å². The molecule has 342 valence electrons. The van der Waals surface area contributed by atoms with Crippen LogP contribution in [-0.4, -0.2) is 112 Å². The van der Waals surface area contributed by atoms with Crippen molar-refractivity contribution < 1.29 is 56.8 Å². The predicted octanol–water partition coefficient (Wildman–Crippen LogP) is 6.78. The molecule has 1 fully saturated rings. The molecule has 0 spiro atoms. The SMILES string of the molecule is COc1ccc(N2CCOCCOCCN(c3ccc(C4=C(c5ccc(OCC(=O)OCOC(C)=O)cc5)c5ccccc5P4(=O)c4ccccc4)cc3OC)CCOCC2)c(OC)c1. The van der Waals surface area contributed by atoms with Gasteiger partial charge < -0.3 is 57.0 Å². The molecule has 14 nitrogen and oxygen atoms in total. The van der Waals surface area contributed by atoms with E-state index in [1.807, 2.05) is 103 Å². The zero-order valence-corrected chi connectivity index (χ0v) is 38.1. The van der Waals surface area contributed by atoms with Crippen molar-refractivity contribution >= 4 is 52.0 Å². The topological polar surface area (TPSA) is 141 Å². The highest BCUT2D eigenvalue weighted by Crippen LogP contribution is 2.65. The summed E-state index contributed by atoms with van der Waals surface area (Å²) in [5.41, 5.74) is 4.99. The van der Waals surface area contributed by atoms with E-state index < -0.39 is 25.9 Å². The Bertz CT molecular complexity index is 2480.